The smallest absolute Gasteiger partial charge is 0.374 e. The standard InChI is InChI=1S/C15H28F3NO2/c1-2-4-13-5-7-14(11-19,8-6-13)21-10-3-9-20-12-15(16,17)18/h13H,2-12,19H2,1H3. The highest BCUT2D eigenvalue weighted by Gasteiger charge is 2.34. The molecule has 126 valence electrons. The Morgan fingerprint density at radius 2 is 1.86 bits per heavy atom. The number of halogens is 3. The molecule has 0 aromatic carbocycles. The molecular formula is C15H28F3NO2. The lowest BCUT2D eigenvalue weighted by Gasteiger charge is -2.39. The summed E-state index contributed by atoms with van der Waals surface area (Å²) in [7, 11) is 0. The van der Waals surface area contributed by atoms with Crippen molar-refractivity contribution in [3.63, 3.8) is 0 Å². The van der Waals surface area contributed by atoms with E-state index in [-0.39, 0.29) is 12.2 Å². The van der Waals surface area contributed by atoms with Gasteiger partial charge in [-0.1, -0.05) is 19.8 Å². The van der Waals surface area contributed by atoms with E-state index >= 15 is 0 Å². The lowest BCUT2D eigenvalue weighted by molar-refractivity contribution is -0.175. The molecule has 2 N–H and O–H groups in total. The first-order valence-electron chi connectivity index (χ1n) is 7.89. The van der Waals surface area contributed by atoms with E-state index in [1.54, 1.807) is 0 Å². The van der Waals surface area contributed by atoms with Gasteiger partial charge in [0.15, 0.2) is 0 Å². The maximum Gasteiger partial charge on any atom is 0.411 e. The summed E-state index contributed by atoms with van der Waals surface area (Å²) < 4.78 is 46.2. The summed E-state index contributed by atoms with van der Waals surface area (Å²) in [6.45, 7) is 1.97. The van der Waals surface area contributed by atoms with Crippen LogP contribution >= 0.6 is 0 Å². The molecule has 0 bridgehead atoms. The predicted octanol–water partition coefficient (Wildman–Crippen LogP) is 3.66. The monoisotopic (exact) mass is 311 g/mol. The minimum Gasteiger partial charge on any atom is -0.374 e. The van der Waals surface area contributed by atoms with E-state index in [9.17, 15) is 13.2 Å². The molecule has 0 unspecified atom stereocenters. The van der Waals surface area contributed by atoms with E-state index in [0.717, 1.165) is 31.6 Å². The Morgan fingerprint density at radius 1 is 1.19 bits per heavy atom. The van der Waals surface area contributed by atoms with Crippen LogP contribution < -0.4 is 5.73 Å². The second kappa shape index (κ2) is 8.96. The molecule has 1 aliphatic rings. The van der Waals surface area contributed by atoms with Gasteiger partial charge in [0.05, 0.1) is 5.60 Å². The number of hydrogen-bond acceptors (Lipinski definition) is 3. The molecule has 1 fully saturated rings. The Balaban J connectivity index is 2.17. The van der Waals surface area contributed by atoms with E-state index in [2.05, 4.69) is 11.7 Å². The molecule has 1 aliphatic carbocycles. The highest BCUT2D eigenvalue weighted by atomic mass is 19.4. The van der Waals surface area contributed by atoms with E-state index in [0.29, 0.717) is 19.6 Å². The minimum atomic E-state index is -4.25. The van der Waals surface area contributed by atoms with Gasteiger partial charge in [-0.25, -0.2) is 0 Å². The van der Waals surface area contributed by atoms with Gasteiger partial charge in [0.1, 0.15) is 6.61 Å². The van der Waals surface area contributed by atoms with Crippen LogP contribution in [0, 0.1) is 5.92 Å². The third-order valence-corrected chi connectivity index (χ3v) is 4.19. The lowest BCUT2D eigenvalue weighted by Crippen LogP contribution is -2.44. The first-order valence-corrected chi connectivity index (χ1v) is 7.89. The largest absolute Gasteiger partial charge is 0.411 e. The molecule has 0 saturated heterocycles. The van der Waals surface area contributed by atoms with Gasteiger partial charge in [-0.05, 0) is 38.0 Å². The fourth-order valence-corrected chi connectivity index (χ4v) is 2.95. The van der Waals surface area contributed by atoms with Crippen molar-refractivity contribution in [1.29, 1.82) is 0 Å². The van der Waals surface area contributed by atoms with Crippen LogP contribution in [0.3, 0.4) is 0 Å². The van der Waals surface area contributed by atoms with Crippen LogP contribution in [0.4, 0.5) is 13.2 Å². The third kappa shape index (κ3) is 7.47. The quantitative estimate of drug-likeness (QED) is 0.661. The van der Waals surface area contributed by atoms with Gasteiger partial charge in [0, 0.05) is 19.8 Å². The molecule has 0 amide bonds. The number of alkyl halides is 3. The average molecular weight is 311 g/mol. The molecule has 1 rings (SSSR count). The van der Waals surface area contributed by atoms with E-state index < -0.39 is 12.8 Å². The fourth-order valence-electron chi connectivity index (χ4n) is 2.95. The summed E-state index contributed by atoms with van der Waals surface area (Å²) in [6, 6.07) is 0. The first kappa shape index (κ1) is 18.7. The van der Waals surface area contributed by atoms with E-state index in [4.69, 9.17) is 10.5 Å². The summed E-state index contributed by atoms with van der Waals surface area (Å²) in [5.74, 6) is 0.772. The van der Waals surface area contributed by atoms with Crippen molar-refractivity contribution in [2.45, 2.75) is 63.6 Å². The molecule has 6 heteroatoms. The van der Waals surface area contributed by atoms with Gasteiger partial charge >= 0.3 is 6.18 Å². The summed E-state index contributed by atoms with van der Waals surface area (Å²) in [5, 5.41) is 0. The zero-order valence-corrected chi connectivity index (χ0v) is 12.9. The fraction of sp³-hybridized carbons (Fsp3) is 1.00. The van der Waals surface area contributed by atoms with Gasteiger partial charge in [0.2, 0.25) is 0 Å². The number of hydrogen-bond donors (Lipinski definition) is 1. The predicted molar refractivity (Wildman–Crippen MR) is 76.1 cm³/mol. The Kier molecular flexibility index (Phi) is 7.98. The minimum absolute atomic E-state index is 0.0681. The number of rotatable bonds is 9. The normalized spacial score (nSPS) is 27.0. The van der Waals surface area contributed by atoms with Crippen LogP contribution in [0.25, 0.3) is 0 Å². The summed E-state index contributed by atoms with van der Waals surface area (Å²) in [5.41, 5.74) is 5.58. The van der Waals surface area contributed by atoms with Crippen molar-refractivity contribution in [3.8, 4) is 0 Å². The van der Waals surface area contributed by atoms with E-state index in [1.807, 2.05) is 0 Å². The maximum atomic E-state index is 11.9. The molecular weight excluding hydrogens is 283 g/mol. The Bertz CT molecular complexity index is 277. The molecule has 21 heavy (non-hydrogen) atoms. The van der Waals surface area contributed by atoms with Crippen molar-refractivity contribution >= 4 is 0 Å². The summed E-state index contributed by atoms with van der Waals surface area (Å²) >= 11 is 0. The van der Waals surface area contributed by atoms with Crippen molar-refractivity contribution in [2.24, 2.45) is 11.7 Å². The van der Waals surface area contributed by atoms with Gasteiger partial charge in [-0.3, -0.25) is 0 Å². The van der Waals surface area contributed by atoms with Gasteiger partial charge in [-0.2, -0.15) is 13.2 Å². The molecule has 0 radical (unpaired) electrons. The molecule has 0 heterocycles. The van der Waals surface area contributed by atoms with Crippen molar-refractivity contribution in [1.82, 2.24) is 0 Å². The molecule has 0 aliphatic heterocycles. The van der Waals surface area contributed by atoms with Gasteiger partial charge < -0.3 is 15.2 Å². The van der Waals surface area contributed by atoms with Crippen LogP contribution in [0.2, 0.25) is 0 Å². The zero-order chi connectivity index (χ0) is 15.8. The second-order valence-corrected chi connectivity index (χ2v) is 5.99. The zero-order valence-electron chi connectivity index (χ0n) is 12.9. The number of ether oxygens (including phenoxy) is 2. The van der Waals surface area contributed by atoms with Crippen LogP contribution in [-0.4, -0.2) is 38.1 Å². The maximum absolute atomic E-state index is 11.9. The van der Waals surface area contributed by atoms with Crippen molar-refractivity contribution in [3.05, 3.63) is 0 Å². The second-order valence-electron chi connectivity index (χ2n) is 5.99. The summed E-state index contributed by atoms with van der Waals surface area (Å²) in [4.78, 5) is 0. The highest BCUT2D eigenvalue weighted by molar-refractivity contribution is 4.88. The SMILES string of the molecule is CCCC1CCC(CN)(OCCCOCC(F)(F)F)CC1. The van der Waals surface area contributed by atoms with Crippen LogP contribution in [0.5, 0.6) is 0 Å². The van der Waals surface area contributed by atoms with Gasteiger partial charge in [0.25, 0.3) is 0 Å². The Hall–Kier alpha value is -0.330. The number of nitrogens with two attached hydrogens (primary N) is 1. The molecule has 0 aromatic heterocycles. The molecule has 1 saturated carbocycles. The molecule has 0 aromatic rings. The van der Waals surface area contributed by atoms with Crippen LogP contribution in [-0.2, 0) is 9.47 Å². The topological polar surface area (TPSA) is 44.5 Å². The third-order valence-electron chi connectivity index (χ3n) is 4.19. The van der Waals surface area contributed by atoms with Crippen LogP contribution in [0.1, 0.15) is 51.9 Å². The molecule has 3 nitrogen and oxygen atoms in total. The lowest BCUT2D eigenvalue weighted by atomic mass is 9.77. The Labute approximate surface area is 125 Å². The van der Waals surface area contributed by atoms with Crippen LogP contribution in [0.15, 0.2) is 0 Å². The molecule has 0 atom stereocenters. The summed E-state index contributed by atoms with van der Waals surface area (Å²) in [6.07, 6.45) is 2.86. The van der Waals surface area contributed by atoms with Crippen molar-refractivity contribution in [2.75, 3.05) is 26.4 Å². The Morgan fingerprint density at radius 3 is 2.38 bits per heavy atom. The highest BCUT2D eigenvalue weighted by Crippen LogP contribution is 2.36. The van der Waals surface area contributed by atoms with Gasteiger partial charge in [-0.15, -0.1) is 0 Å². The first-order chi connectivity index (χ1) is 9.91. The van der Waals surface area contributed by atoms with Crippen molar-refractivity contribution < 1.29 is 22.6 Å². The molecule has 0 spiro atoms. The van der Waals surface area contributed by atoms with E-state index in [1.165, 1.54) is 12.8 Å². The average Bonchev–Trinajstić information content (AvgIpc) is 2.44.